The van der Waals surface area contributed by atoms with E-state index in [1.165, 1.54) is 24.3 Å². The number of carbonyl (C=O) groups excluding carboxylic acids is 1. The third-order valence-corrected chi connectivity index (χ3v) is 4.62. The molecule has 0 saturated heterocycles. The molecule has 9 heteroatoms. The van der Waals surface area contributed by atoms with Gasteiger partial charge in [-0.15, -0.1) is 0 Å². The van der Waals surface area contributed by atoms with Crippen LogP contribution in [-0.4, -0.2) is 42.5 Å². The molecule has 2 N–H and O–H groups in total. The SMILES string of the molecule is CC(OC(=O)c1cc2ccc(NS(C)(=O)=O)cc2n1C(=O)O)C(C)(C)C. The fourth-order valence-corrected chi connectivity index (χ4v) is 2.79. The Kier molecular flexibility index (Phi) is 5.05. The Bertz CT molecular complexity index is 969. The molecule has 8 nitrogen and oxygen atoms in total. The molecular formula is C17H22N2O6S. The van der Waals surface area contributed by atoms with Gasteiger partial charge in [-0.1, -0.05) is 26.8 Å². The van der Waals surface area contributed by atoms with E-state index in [2.05, 4.69) is 4.72 Å². The molecule has 0 aliphatic carbocycles. The summed E-state index contributed by atoms with van der Waals surface area (Å²) in [6.45, 7) is 7.45. The largest absolute Gasteiger partial charge is 0.464 e. The molecule has 0 bridgehead atoms. The second kappa shape index (κ2) is 6.64. The number of hydrogen-bond donors (Lipinski definition) is 2. The molecule has 2 aromatic rings. The molecule has 0 fully saturated rings. The van der Waals surface area contributed by atoms with Gasteiger partial charge < -0.3 is 9.84 Å². The Hall–Kier alpha value is -2.55. The molecule has 1 aromatic heterocycles. The molecule has 0 saturated carbocycles. The second-order valence-electron chi connectivity index (χ2n) is 7.21. The summed E-state index contributed by atoms with van der Waals surface area (Å²) < 4.78 is 31.2. The molecule has 2 rings (SSSR count). The van der Waals surface area contributed by atoms with Gasteiger partial charge in [-0.3, -0.25) is 4.72 Å². The van der Waals surface area contributed by atoms with Crippen molar-refractivity contribution in [3.8, 4) is 0 Å². The Morgan fingerprint density at radius 2 is 1.85 bits per heavy atom. The summed E-state index contributed by atoms with van der Waals surface area (Å²) in [5.74, 6) is -0.761. The summed E-state index contributed by atoms with van der Waals surface area (Å²) in [5.41, 5.74) is -0.0623. The maximum absolute atomic E-state index is 12.5. The van der Waals surface area contributed by atoms with E-state index in [9.17, 15) is 23.1 Å². The number of aromatic nitrogens is 1. The van der Waals surface area contributed by atoms with Crippen LogP contribution in [0.4, 0.5) is 10.5 Å². The topological polar surface area (TPSA) is 115 Å². The molecule has 0 radical (unpaired) electrons. The van der Waals surface area contributed by atoms with Crippen LogP contribution in [0.25, 0.3) is 10.9 Å². The average Bonchev–Trinajstić information content (AvgIpc) is 2.83. The molecule has 0 aliphatic heterocycles. The number of rotatable bonds is 4. The minimum atomic E-state index is -3.52. The van der Waals surface area contributed by atoms with Crippen LogP contribution in [0.1, 0.15) is 38.2 Å². The van der Waals surface area contributed by atoms with E-state index >= 15 is 0 Å². The molecule has 1 aromatic carbocycles. The molecule has 1 unspecified atom stereocenters. The van der Waals surface area contributed by atoms with Crippen molar-refractivity contribution in [2.45, 2.75) is 33.8 Å². The third-order valence-electron chi connectivity index (χ3n) is 4.01. The van der Waals surface area contributed by atoms with E-state index in [-0.39, 0.29) is 22.3 Å². The maximum atomic E-state index is 12.5. The molecule has 1 heterocycles. The van der Waals surface area contributed by atoms with Gasteiger partial charge in [0, 0.05) is 5.39 Å². The van der Waals surface area contributed by atoms with Gasteiger partial charge >= 0.3 is 12.1 Å². The van der Waals surface area contributed by atoms with Crippen LogP contribution < -0.4 is 4.72 Å². The zero-order chi connectivity index (χ0) is 19.9. The zero-order valence-electron chi connectivity index (χ0n) is 15.2. The standard InChI is InChI=1S/C17H22N2O6S/c1-10(17(2,3)4)25-15(20)14-8-11-6-7-12(18-26(5,23)24)9-13(11)19(14)16(21)22/h6-10,18H,1-5H3,(H,21,22). The van der Waals surface area contributed by atoms with Gasteiger partial charge in [-0.25, -0.2) is 22.6 Å². The van der Waals surface area contributed by atoms with Gasteiger partial charge in [0.15, 0.2) is 0 Å². The average molecular weight is 382 g/mol. The summed E-state index contributed by atoms with van der Waals surface area (Å²) in [7, 11) is -3.52. The Morgan fingerprint density at radius 3 is 2.35 bits per heavy atom. The molecule has 1 atom stereocenters. The van der Waals surface area contributed by atoms with Crippen molar-refractivity contribution in [2.24, 2.45) is 5.41 Å². The van der Waals surface area contributed by atoms with Gasteiger partial charge in [-0.05, 0) is 30.5 Å². The predicted octanol–water partition coefficient (Wildman–Crippen LogP) is 3.13. The number of carbonyl (C=O) groups is 2. The van der Waals surface area contributed by atoms with E-state index in [0.29, 0.717) is 5.39 Å². The predicted molar refractivity (Wildman–Crippen MR) is 98.2 cm³/mol. The highest BCUT2D eigenvalue weighted by Gasteiger charge is 2.27. The number of fused-ring (bicyclic) bond motifs is 1. The van der Waals surface area contributed by atoms with Crippen LogP contribution in [-0.2, 0) is 14.8 Å². The van der Waals surface area contributed by atoms with Crippen LogP contribution >= 0.6 is 0 Å². The molecule has 26 heavy (non-hydrogen) atoms. The fraction of sp³-hybridized carbons (Fsp3) is 0.412. The lowest BCUT2D eigenvalue weighted by Crippen LogP contribution is -2.30. The van der Waals surface area contributed by atoms with Crippen molar-refractivity contribution in [1.82, 2.24) is 4.57 Å². The highest BCUT2D eigenvalue weighted by atomic mass is 32.2. The normalized spacial score (nSPS) is 13.4. The van der Waals surface area contributed by atoms with Crippen LogP contribution in [0.5, 0.6) is 0 Å². The lowest BCUT2D eigenvalue weighted by molar-refractivity contribution is 0.00382. The molecule has 0 spiro atoms. The van der Waals surface area contributed by atoms with Gasteiger partial charge in [0.05, 0.1) is 17.5 Å². The van der Waals surface area contributed by atoms with Crippen molar-refractivity contribution in [1.29, 1.82) is 0 Å². The van der Waals surface area contributed by atoms with Crippen LogP contribution in [0.2, 0.25) is 0 Å². The summed E-state index contributed by atoms with van der Waals surface area (Å²) in [5, 5.41) is 10.0. The number of ether oxygens (including phenoxy) is 1. The lowest BCUT2D eigenvalue weighted by Gasteiger charge is -2.26. The smallest absolute Gasteiger partial charge is 0.416 e. The van der Waals surface area contributed by atoms with E-state index in [1.807, 2.05) is 20.8 Å². The maximum Gasteiger partial charge on any atom is 0.416 e. The van der Waals surface area contributed by atoms with Gasteiger partial charge in [0.1, 0.15) is 11.8 Å². The first-order valence-electron chi connectivity index (χ1n) is 7.87. The number of anilines is 1. The first-order chi connectivity index (χ1) is 11.8. The van der Waals surface area contributed by atoms with Crippen molar-refractivity contribution >= 4 is 38.7 Å². The zero-order valence-corrected chi connectivity index (χ0v) is 16.0. The summed E-state index contributed by atoms with van der Waals surface area (Å²) in [6, 6.07) is 5.79. The van der Waals surface area contributed by atoms with Crippen molar-refractivity contribution in [2.75, 3.05) is 11.0 Å². The van der Waals surface area contributed by atoms with Crippen molar-refractivity contribution in [3.63, 3.8) is 0 Å². The van der Waals surface area contributed by atoms with Crippen LogP contribution in [0, 0.1) is 5.41 Å². The molecular weight excluding hydrogens is 360 g/mol. The van der Waals surface area contributed by atoms with E-state index in [4.69, 9.17) is 4.74 Å². The molecule has 0 amide bonds. The van der Waals surface area contributed by atoms with Gasteiger partial charge in [0.2, 0.25) is 10.0 Å². The third kappa shape index (κ3) is 4.34. The minimum absolute atomic E-state index is 0.139. The van der Waals surface area contributed by atoms with E-state index in [1.54, 1.807) is 6.92 Å². The first-order valence-corrected chi connectivity index (χ1v) is 9.76. The Balaban J connectivity index is 2.52. The number of hydrogen-bond acceptors (Lipinski definition) is 5. The highest BCUT2D eigenvalue weighted by Crippen LogP contribution is 2.27. The van der Waals surface area contributed by atoms with Crippen LogP contribution in [0.3, 0.4) is 0 Å². The highest BCUT2D eigenvalue weighted by molar-refractivity contribution is 7.92. The number of benzene rings is 1. The number of nitrogens with zero attached hydrogens (tertiary/aromatic N) is 1. The number of carboxylic acid groups (broad SMARTS) is 1. The molecule has 0 aliphatic rings. The summed E-state index contributed by atoms with van der Waals surface area (Å²) >= 11 is 0. The van der Waals surface area contributed by atoms with Crippen LogP contribution in [0.15, 0.2) is 24.3 Å². The molecule has 142 valence electrons. The Morgan fingerprint density at radius 1 is 1.23 bits per heavy atom. The van der Waals surface area contributed by atoms with E-state index in [0.717, 1.165) is 10.8 Å². The van der Waals surface area contributed by atoms with Gasteiger partial charge in [-0.2, -0.15) is 0 Å². The van der Waals surface area contributed by atoms with E-state index < -0.39 is 28.2 Å². The second-order valence-corrected chi connectivity index (χ2v) is 8.96. The Labute approximate surface area is 151 Å². The number of sulfonamides is 1. The number of nitrogens with one attached hydrogen (secondary N) is 1. The summed E-state index contributed by atoms with van der Waals surface area (Å²) in [6.07, 6.45) is -0.811. The minimum Gasteiger partial charge on any atom is -0.464 e. The lowest BCUT2D eigenvalue weighted by atomic mass is 9.90. The quantitative estimate of drug-likeness (QED) is 0.785. The van der Waals surface area contributed by atoms with Crippen molar-refractivity contribution in [3.05, 3.63) is 30.0 Å². The van der Waals surface area contributed by atoms with Gasteiger partial charge in [0.25, 0.3) is 0 Å². The summed E-state index contributed by atoms with van der Waals surface area (Å²) in [4.78, 5) is 24.2. The van der Waals surface area contributed by atoms with Crippen molar-refractivity contribution < 1.29 is 27.9 Å². The monoisotopic (exact) mass is 382 g/mol. The number of esters is 1. The fourth-order valence-electron chi connectivity index (χ4n) is 2.23. The first kappa shape index (κ1) is 19.8.